The maximum Gasteiger partial charge on any atom is 0.0205 e. The molecule has 20 heavy (non-hydrogen) atoms. The zero-order chi connectivity index (χ0) is 13.8. The topological polar surface area (TPSA) is 27.3 Å². The molecule has 2 saturated heterocycles. The number of piperidine rings is 2. The van der Waals surface area contributed by atoms with Gasteiger partial charge in [0.15, 0.2) is 0 Å². The minimum atomic E-state index is 0.473. The van der Waals surface area contributed by atoms with Crippen molar-refractivity contribution in [3.05, 3.63) is 0 Å². The average Bonchev–Trinajstić information content (AvgIpc) is 2.50. The molecule has 0 unspecified atom stereocenters. The molecule has 3 aliphatic rings. The van der Waals surface area contributed by atoms with Gasteiger partial charge in [-0.05, 0) is 58.5 Å². The van der Waals surface area contributed by atoms with E-state index < -0.39 is 0 Å². The van der Waals surface area contributed by atoms with Gasteiger partial charge in [0.25, 0.3) is 0 Å². The molecular formula is C17H33N3. The van der Waals surface area contributed by atoms with Gasteiger partial charge in [0.1, 0.15) is 0 Å². The minimum absolute atomic E-state index is 0.473. The molecule has 0 aromatic heterocycles. The second-order valence-electron chi connectivity index (χ2n) is 7.51. The fourth-order valence-electron chi connectivity index (χ4n) is 4.47. The summed E-state index contributed by atoms with van der Waals surface area (Å²) in [4.78, 5) is 2.78. The van der Waals surface area contributed by atoms with E-state index in [4.69, 9.17) is 0 Å². The van der Waals surface area contributed by atoms with Crippen LogP contribution in [0.1, 0.15) is 64.7 Å². The van der Waals surface area contributed by atoms with Crippen LogP contribution in [0, 0.1) is 0 Å². The highest BCUT2D eigenvalue weighted by Gasteiger charge is 2.35. The number of likely N-dealkylation sites (tertiary alicyclic amines) is 1. The van der Waals surface area contributed by atoms with E-state index in [1.54, 1.807) is 0 Å². The van der Waals surface area contributed by atoms with Crippen molar-refractivity contribution < 1.29 is 0 Å². The second kappa shape index (κ2) is 6.76. The van der Waals surface area contributed by atoms with Crippen LogP contribution in [0.25, 0.3) is 0 Å². The Bertz CT molecular complexity index is 285. The SMILES string of the molecule is CC1(N2CCC(NC3CCCCC3)CC2)CCNCC1. The van der Waals surface area contributed by atoms with E-state index in [1.165, 1.54) is 84.0 Å². The van der Waals surface area contributed by atoms with E-state index in [0.29, 0.717) is 5.54 Å². The molecule has 3 nitrogen and oxygen atoms in total. The molecule has 3 heteroatoms. The number of nitrogens with one attached hydrogen (secondary N) is 2. The quantitative estimate of drug-likeness (QED) is 0.831. The first-order chi connectivity index (χ1) is 9.76. The molecule has 0 aromatic rings. The van der Waals surface area contributed by atoms with Gasteiger partial charge >= 0.3 is 0 Å². The third kappa shape index (κ3) is 3.55. The monoisotopic (exact) mass is 279 g/mol. The van der Waals surface area contributed by atoms with Crippen molar-refractivity contribution in [3.63, 3.8) is 0 Å². The Morgan fingerprint density at radius 1 is 0.900 bits per heavy atom. The van der Waals surface area contributed by atoms with Crippen molar-refractivity contribution in [2.75, 3.05) is 26.2 Å². The summed E-state index contributed by atoms with van der Waals surface area (Å²) in [7, 11) is 0. The number of rotatable bonds is 3. The first-order valence-electron chi connectivity index (χ1n) is 8.98. The lowest BCUT2D eigenvalue weighted by Gasteiger charge is -2.47. The van der Waals surface area contributed by atoms with Crippen molar-refractivity contribution in [1.82, 2.24) is 15.5 Å². The smallest absolute Gasteiger partial charge is 0.0205 e. The third-order valence-corrected chi connectivity index (χ3v) is 6.02. The maximum absolute atomic E-state index is 3.95. The van der Waals surface area contributed by atoms with Crippen LogP contribution in [0.3, 0.4) is 0 Å². The Morgan fingerprint density at radius 3 is 2.15 bits per heavy atom. The molecular weight excluding hydrogens is 246 g/mol. The number of hydrogen-bond acceptors (Lipinski definition) is 3. The Hall–Kier alpha value is -0.120. The second-order valence-corrected chi connectivity index (χ2v) is 7.51. The summed E-state index contributed by atoms with van der Waals surface area (Å²) in [5, 5.41) is 7.46. The van der Waals surface area contributed by atoms with E-state index in [0.717, 1.165) is 12.1 Å². The van der Waals surface area contributed by atoms with Crippen molar-refractivity contribution in [2.24, 2.45) is 0 Å². The molecule has 3 rings (SSSR count). The lowest BCUT2D eigenvalue weighted by Crippen LogP contribution is -2.57. The minimum Gasteiger partial charge on any atom is -0.317 e. The fourth-order valence-corrected chi connectivity index (χ4v) is 4.47. The first-order valence-corrected chi connectivity index (χ1v) is 8.98. The number of hydrogen-bond donors (Lipinski definition) is 2. The molecule has 0 bridgehead atoms. The van der Waals surface area contributed by atoms with Crippen LogP contribution in [-0.2, 0) is 0 Å². The van der Waals surface area contributed by atoms with Crippen LogP contribution < -0.4 is 10.6 Å². The summed E-state index contributed by atoms with van der Waals surface area (Å²) in [5.41, 5.74) is 0.473. The van der Waals surface area contributed by atoms with Crippen LogP contribution in [0.2, 0.25) is 0 Å². The van der Waals surface area contributed by atoms with Gasteiger partial charge in [0.2, 0.25) is 0 Å². The first kappa shape index (κ1) is 14.8. The predicted octanol–water partition coefficient (Wildman–Crippen LogP) is 2.52. The van der Waals surface area contributed by atoms with E-state index >= 15 is 0 Å². The lowest BCUT2D eigenvalue weighted by molar-refractivity contribution is 0.0431. The van der Waals surface area contributed by atoms with Gasteiger partial charge in [-0.15, -0.1) is 0 Å². The van der Waals surface area contributed by atoms with E-state index in [9.17, 15) is 0 Å². The summed E-state index contributed by atoms with van der Waals surface area (Å²) in [5.74, 6) is 0. The highest BCUT2D eigenvalue weighted by atomic mass is 15.2. The largest absolute Gasteiger partial charge is 0.317 e. The molecule has 0 amide bonds. The molecule has 2 heterocycles. The summed E-state index contributed by atoms with van der Waals surface area (Å²) in [6, 6.07) is 1.62. The zero-order valence-electron chi connectivity index (χ0n) is 13.3. The summed E-state index contributed by atoms with van der Waals surface area (Å²) in [6.45, 7) is 7.51. The van der Waals surface area contributed by atoms with Crippen molar-refractivity contribution >= 4 is 0 Å². The van der Waals surface area contributed by atoms with E-state index in [-0.39, 0.29) is 0 Å². The highest BCUT2D eigenvalue weighted by Crippen LogP contribution is 2.29. The van der Waals surface area contributed by atoms with Gasteiger partial charge in [-0.2, -0.15) is 0 Å². The molecule has 3 fully saturated rings. The van der Waals surface area contributed by atoms with Crippen molar-refractivity contribution in [2.45, 2.75) is 82.3 Å². The number of nitrogens with zero attached hydrogens (tertiary/aromatic N) is 1. The van der Waals surface area contributed by atoms with Gasteiger partial charge in [-0.3, -0.25) is 4.90 Å². The Balaban J connectivity index is 1.44. The molecule has 1 aliphatic carbocycles. The van der Waals surface area contributed by atoms with Crippen LogP contribution in [-0.4, -0.2) is 48.7 Å². The molecule has 1 saturated carbocycles. The molecule has 0 radical (unpaired) electrons. The fraction of sp³-hybridized carbons (Fsp3) is 1.00. The molecule has 2 aliphatic heterocycles. The van der Waals surface area contributed by atoms with Gasteiger partial charge in [0, 0.05) is 30.7 Å². The Kier molecular flexibility index (Phi) is 5.00. The van der Waals surface area contributed by atoms with Crippen molar-refractivity contribution in [3.8, 4) is 0 Å². The predicted molar refractivity (Wildman–Crippen MR) is 85.1 cm³/mol. The van der Waals surface area contributed by atoms with Crippen LogP contribution >= 0.6 is 0 Å². The Morgan fingerprint density at radius 2 is 1.50 bits per heavy atom. The molecule has 2 N–H and O–H groups in total. The third-order valence-electron chi connectivity index (χ3n) is 6.02. The molecule has 116 valence electrons. The highest BCUT2D eigenvalue weighted by molar-refractivity contribution is 4.94. The zero-order valence-corrected chi connectivity index (χ0v) is 13.3. The van der Waals surface area contributed by atoms with Crippen LogP contribution in [0.5, 0.6) is 0 Å². The van der Waals surface area contributed by atoms with E-state index in [1.807, 2.05) is 0 Å². The van der Waals surface area contributed by atoms with Gasteiger partial charge in [0.05, 0.1) is 0 Å². The summed E-state index contributed by atoms with van der Waals surface area (Å²) in [6.07, 6.45) is 12.6. The van der Waals surface area contributed by atoms with Gasteiger partial charge in [-0.25, -0.2) is 0 Å². The van der Waals surface area contributed by atoms with Crippen LogP contribution in [0.15, 0.2) is 0 Å². The molecule has 0 spiro atoms. The van der Waals surface area contributed by atoms with Crippen LogP contribution in [0.4, 0.5) is 0 Å². The lowest BCUT2D eigenvalue weighted by atomic mass is 9.86. The normalized spacial score (nSPS) is 30.4. The van der Waals surface area contributed by atoms with Crippen molar-refractivity contribution in [1.29, 1.82) is 0 Å². The summed E-state index contributed by atoms with van der Waals surface area (Å²) < 4.78 is 0. The van der Waals surface area contributed by atoms with Gasteiger partial charge < -0.3 is 10.6 Å². The van der Waals surface area contributed by atoms with Gasteiger partial charge in [-0.1, -0.05) is 19.3 Å². The Labute approximate surface area is 124 Å². The standard InChI is InChI=1S/C17H33N3/c1-17(9-11-18-12-10-17)20-13-7-16(8-14-20)19-15-5-3-2-4-6-15/h15-16,18-19H,2-14H2,1H3. The van der Waals surface area contributed by atoms with E-state index in [2.05, 4.69) is 22.5 Å². The molecule has 0 aromatic carbocycles. The molecule has 0 atom stereocenters. The summed E-state index contributed by atoms with van der Waals surface area (Å²) >= 11 is 0. The average molecular weight is 279 g/mol. The maximum atomic E-state index is 3.95.